The van der Waals surface area contributed by atoms with Crippen molar-refractivity contribution < 1.29 is 13.2 Å². The first-order valence-electron chi connectivity index (χ1n) is 5.96. The van der Waals surface area contributed by atoms with Crippen LogP contribution in [0.5, 0.6) is 0 Å². The molecule has 5 heteroatoms. The SMILES string of the molecule is COCC(C)NCCS(=O)(=O)CC1CCC1. The summed E-state index contributed by atoms with van der Waals surface area (Å²) >= 11 is 0. The zero-order chi connectivity index (χ0) is 12.0. The third kappa shape index (κ3) is 5.27. The van der Waals surface area contributed by atoms with Gasteiger partial charge in [-0.2, -0.15) is 0 Å². The van der Waals surface area contributed by atoms with Crippen molar-refractivity contribution in [1.29, 1.82) is 0 Å². The van der Waals surface area contributed by atoms with Gasteiger partial charge in [-0.1, -0.05) is 6.42 Å². The molecule has 0 aromatic heterocycles. The first kappa shape index (κ1) is 13.9. The number of hydrogen-bond acceptors (Lipinski definition) is 4. The molecule has 4 nitrogen and oxygen atoms in total. The van der Waals surface area contributed by atoms with Gasteiger partial charge in [0, 0.05) is 19.7 Å². The standard InChI is InChI=1S/C11H23NO3S/c1-10(8-15-2)12-6-7-16(13,14)9-11-4-3-5-11/h10-12H,3-9H2,1-2H3. The molecule has 1 aliphatic carbocycles. The lowest BCUT2D eigenvalue weighted by Gasteiger charge is -2.25. The number of hydrogen-bond donors (Lipinski definition) is 1. The van der Waals surface area contributed by atoms with Gasteiger partial charge in [-0.15, -0.1) is 0 Å². The first-order chi connectivity index (χ1) is 7.53. The Morgan fingerprint density at radius 3 is 2.62 bits per heavy atom. The van der Waals surface area contributed by atoms with Gasteiger partial charge < -0.3 is 10.1 Å². The van der Waals surface area contributed by atoms with Crippen LogP contribution in [0.4, 0.5) is 0 Å². The fourth-order valence-electron chi connectivity index (χ4n) is 1.87. The maximum Gasteiger partial charge on any atom is 0.151 e. The molecule has 16 heavy (non-hydrogen) atoms. The molecule has 1 unspecified atom stereocenters. The summed E-state index contributed by atoms with van der Waals surface area (Å²) in [5.41, 5.74) is 0. The molecule has 0 bridgehead atoms. The Morgan fingerprint density at radius 1 is 1.44 bits per heavy atom. The second-order valence-electron chi connectivity index (χ2n) is 4.72. The van der Waals surface area contributed by atoms with Crippen LogP contribution in [0.15, 0.2) is 0 Å². The summed E-state index contributed by atoms with van der Waals surface area (Å²) in [4.78, 5) is 0. The zero-order valence-electron chi connectivity index (χ0n) is 10.2. The van der Waals surface area contributed by atoms with E-state index in [9.17, 15) is 8.42 Å². The van der Waals surface area contributed by atoms with Crippen LogP contribution in [0.1, 0.15) is 26.2 Å². The molecule has 1 aliphatic rings. The summed E-state index contributed by atoms with van der Waals surface area (Å²) in [7, 11) is -1.21. The van der Waals surface area contributed by atoms with Gasteiger partial charge in [-0.3, -0.25) is 0 Å². The summed E-state index contributed by atoms with van der Waals surface area (Å²) in [5, 5.41) is 3.14. The Morgan fingerprint density at radius 2 is 2.12 bits per heavy atom. The van der Waals surface area contributed by atoms with Crippen molar-refractivity contribution in [1.82, 2.24) is 5.32 Å². The fourth-order valence-corrected chi connectivity index (χ4v) is 3.52. The Hall–Kier alpha value is -0.130. The normalized spacial score (nSPS) is 19.4. The summed E-state index contributed by atoms with van der Waals surface area (Å²) in [6.45, 7) is 3.13. The number of methoxy groups -OCH3 is 1. The lowest BCUT2D eigenvalue weighted by Crippen LogP contribution is -2.35. The Labute approximate surface area is 98.7 Å². The first-order valence-corrected chi connectivity index (χ1v) is 7.78. The predicted molar refractivity (Wildman–Crippen MR) is 65.3 cm³/mol. The van der Waals surface area contributed by atoms with Crippen molar-refractivity contribution in [3.05, 3.63) is 0 Å². The van der Waals surface area contributed by atoms with Crippen molar-refractivity contribution in [3.8, 4) is 0 Å². The molecule has 0 heterocycles. The highest BCUT2D eigenvalue weighted by Gasteiger charge is 2.24. The largest absolute Gasteiger partial charge is 0.383 e. The molecule has 0 aliphatic heterocycles. The Kier molecular flexibility index (Phi) is 5.72. The number of ether oxygens (including phenoxy) is 1. The summed E-state index contributed by atoms with van der Waals surface area (Å²) in [5.74, 6) is 1.06. The maximum absolute atomic E-state index is 11.7. The van der Waals surface area contributed by atoms with Gasteiger partial charge in [0.25, 0.3) is 0 Å². The predicted octanol–water partition coefficient (Wildman–Crippen LogP) is 0.826. The molecule has 1 saturated carbocycles. The lowest BCUT2D eigenvalue weighted by atomic mass is 9.87. The Balaban J connectivity index is 2.14. The molecule has 1 rings (SSSR count). The molecule has 0 aromatic rings. The van der Waals surface area contributed by atoms with Crippen LogP contribution in [0, 0.1) is 5.92 Å². The Bertz CT molecular complexity index is 286. The number of rotatable bonds is 8. The third-order valence-corrected chi connectivity index (χ3v) is 4.84. The monoisotopic (exact) mass is 249 g/mol. The average molecular weight is 249 g/mol. The number of nitrogens with one attached hydrogen (secondary N) is 1. The summed E-state index contributed by atoms with van der Waals surface area (Å²) in [6, 6.07) is 0.212. The van der Waals surface area contributed by atoms with Gasteiger partial charge in [0.1, 0.15) is 0 Å². The van der Waals surface area contributed by atoms with E-state index >= 15 is 0 Å². The van der Waals surface area contributed by atoms with Crippen LogP contribution in [-0.2, 0) is 14.6 Å². The second kappa shape index (κ2) is 6.57. The van der Waals surface area contributed by atoms with Crippen LogP contribution >= 0.6 is 0 Å². The van der Waals surface area contributed by atoms with E-state index < -0.39 is 9.84 Å². The van der Waals surface area contributed by atoms with Gasteiger partial charge in [0.15, 0.2) is 9.84 Å². The highest BCUT2D eigenvalue weighted by atomic mass is 32.2. The summed E-state index contributed by atoms with van der Waals surface area (Å²) < 4.78 is 28.4. The molecule has 0 amide bonds. The minimum absolute atomic E-state index is 0.212. The van der Waals surface area contributed by atoms with E-state index in [0.29, 0.717) is 24.8 Å². The van der Waals surface area contributed by atoms with Crippen LogP contribution in [0.25, 0.3) is 0 Å². The lowest BCUT2D eigenvalue weighted by molar-refractivity contribution is 0.173. The highest BCUT2D eigenvalue weighted by molar-refractivity contribution is 7.91. The maximum atomic E-state index is 11.7. The fraction of sp³-hybridized carbons (Fsp3) is 1.00. The van der Waals surface area contributed by atoms with E-state index in [1.54, 1.807) is 7.11 Å². The van der Waals surface area contributed by atoms with Gasteiger partial charge in [0.2, 0.25) is 0 Å². The topological polar surface area (TPSA) is 55.4 Å². The van der Waals surface area contributed by atoms with Crippen molar-refractivity contribution in [3.63, 3.8) is 0 Å². The molecule has 1 N–H and O–H groups in total. The molecular formula is C11H23NO3S. The minimum atomic E-state index is -2.86. The average Bonchev–Trinajstić information content (AvgIpc) is 2.12. The van der Waals surface area contributed by atoms with Gasteiger partial charge in [-0.05, 0) is 25.7 Å². The third-order valence-electron chi connectivity index (χ3n) is 3.04. The number of sulfone groups is 1. The second-order valence-corrected chi connectivity index (χ2v) is 6.95. The zero-order valence-corrected chi connectivity index (χ0v) is 11.1. The highest BCUT2D eigenvalue weighted by Crippen LogP contribution is 2.27. The molecule has 0 radical (unpaired) electrons. The smallest absolute Gasteiger partial charge is 0.151 e. The summed E-state index contributed by atoms with van der Waals surface area (Å²) in [6.07, 6.45) is 3.38. The molecule has 0 aromatic carbocycles. The van der Waals surface area contributed by atoms with Gasteiger partial charge >= 0.3 is 0 Å². The van der Waals surface area contributed by atoms with Crippen molar-refractivity contribution in [2.75, 3.05) is 31.8 Å². The molecule has 1 fully saturated rings. The van der Waals surface area contributed by atoms with Crippen LogP contribution in [0.3, 0.4) is 0 Å². The van der Waals surface area contributed by atoms with Gasteiger partial charge in [0.05, 0.1) is 18.1 Å². The van der Waals surface area contributed by atoms with E-state index in [4.69, 9.17) is 4.74 Å². The molecule has 1 atom stereocenters. The van der Waals surface area contributed by atoms with Crippen LogP contribution in [-0.4, -0.2) is 46.2 Å². The molecular weight excluding hydrogens is 226 g/mol. The van der Waals surface area contributed by atoms with E-state index in [-0.39, 0.29) is 11.8 Å². The van der Waals surface area contributed by atoms with Crippen molar-refractivity contribution in [2.45, 2.75) is 32.2 Å². The van der Waals surface area contributed by atoms with Crippen LogP contribution < -0.4 is 5.32 Å². The van der Waals surface area contributed by atoms with Gasteiger partial charge in [-0.25, -0.2) is 8.42 Å². The van der Waals surface area contributed by atoms with E-state index in [1.165, 1.54) is 6.42 Å². The van der Waals surface area contributed by atoms with E-state index in [0.717, 1.165) is 12.8 Å². The quantitative estimate of drug-likeness (QED) is 0.692. The molecule has 0 spiro atoms. The van der Waals surface area contributed by atoms with Crippen LogP contribution in [0.2, 0.25) is 0 Å². The minimum Gasteiger partial charge on any atom is -0.383 e. The molecule has 96 valence electrons. The van der Waals surface area contributed by atoms with Crippen molar-refractivity contribution in [2.24, 2.45) is 5.92 Å². The van der Waals surface area contributed by atoms with E-state index in [2.05, 4.69) is 5.32 Å². The van der Waals surface area contributed by atoms with E-state index in [1.807, 2.05) is 6.92 Å². The molecule has 0 saturated heterocycles. The van der Waals surface area contributed by atoms with Crippen molar-refractivity contribution >= 4 is 9.84 Å².